The third kappa shape index (κ3) is 7.59. The molecule has 0 atom stereocenters. The minimum absolute atomic E-state index is 0.864. The molecule has 0 radical (unpaired) electrons. The van der Waals surface area contributed by atoms with Crippen LogP contribution in [0.15, 0.2) is 93.8 Å². The highest BCUT2D eigenvalue weighted by molar-refractivity contribution is 9.10. The number of nitrogens with one attached hydrogen (secondary N) is 1. The van der Waals surface area contributed by atoms with E-state index in [-0.39, 0.29) is 0 Å². The van der Waals surface area contributed by atoms with E-state index < -0.39 is 10.2 Å². The van der Waals surface area contributed by atoms with Crippen molar-refractivity contribution < 1.29 is 38.3 Å². The van der Waals surface area contributed by atoms with Gasteiger partial charge in [-0.3, -0.25) is 0 Å². The minimum Gasteiger partial charge on any atom is -0.456 e. The first-order valence-electron chi connectivity index (χ1n) is 9.31. The maximum atomic E-state index is 8.49. The summed E-state index contributed by atoms with van der Waals surface area (Å²) < 4.78 is 41.2. The van der Waals surface area contributed by atoms with Crippen molar-refractivity contribution in [3.05, 3.63) is 100 Å². The molecule has 0 fully saturated rings. The lowest BCUT2D eigenvalue weighted by molar-refractivity contribution is -2.00. The molecule has 0 aliphatic carbocycles. The monoisotopic (exact) mass is 503 g/mol. The number of hydrogen-bond acceptors (Lipinski definition) is 5. The Hall–Kier alpha value is -2.52. The fourth-order valence-electron chi connectivity index (χ4n) is 3.04. The molecule has 160 valence electrons. The summed E-state index contributed by atoms with van der Waals surface area (Å²) in [5.74, 6) is 0.864. The van der Waals surface area contributed by atoms with Gasteiger partial charge in [-0.15, -0.1) is 10.2 Å². The Balaban J connectivity index is 0.000000491. The molecule has 6 nitrogen and oxygen atoms in total. The van der Waals surface area contributed by atoms with Crippen LogP contribution in [0.4, 0.5) is 0 Å². The van der Waals surface area contributed by atoms with Gasteiger partial charge in [-0.2, -0.15) is 0 Å². The van der Waals surface area contributed by atoms with Crippen LogP contribution in [-0.2, 0) is 6.42 Å². The van der Waals surface area contributed by atoms with Crippen molar-refractivity contribution >= 4 is 26.9 Å². The SMILES string of the molecule is Brc1ccc2oc(-c3ccccc3)cc(=[NH+]CCc3ccccc3)c2c1.[O-][Cl+3]([O-])([O-])[O-]. The van der Waals surface area contributed by atoms with Gasteiger partial charge in [0, 0.05) is 16.5 Å². The molecule has 0 aliphatic heterocycles. The summed E-state index contributed by atoms with van der Waals surface area (Å²) in [6.45, 7) is 0.865. The molecule has 1 aromatic heterocycles. The average Bonchev–Trinajstić information content (AvgIpc) is 2.74. The molecule has 3 aromatic carbocycles. The molecule has 0 spiro atoms. The first-order valence-corrected chi connectivity index (χ1v) is 11.3. The van der Waals surface area contributed by atoms with Gasteiger partial charge >= 0.3 is 0 Å². The second-order valence-corrected chi connectivity index (χ2v) is 8.24. The van der Waals surface area contributed by atoms with Crippen molar-refractivity contribution in [1.29, 1.82) is 0 Å². The maximum absolute atomic E-state index is 8.49. The third-order valence-corrected chi connectivity index (χ3v) is 4.85. The highest BCUT2D eigenvalue weighted by Crippen LogP contribution is 2.23. The maximum Gasteiger partial charge on any atom is 0.213 e. The van der Waals surface area contributed by atoms with E-state index in [9.17, 15) is 0 Å². The van der Waals surface area contributed by atoms with Gasteiger partial charge < -0.3 is 4.42 Å². The molecule has 0 amide bonds. The quantitative estimate of drug-likeness (QED) is 0.395. The molecule has 1 N–H and O–H groups in total. The molecule has 31 heavy (non-hydrogen) atoms. The first kappa shape index (κ1) is 23.1. The third-order valence-electron chi connectivity index (χ3n) is 4.36. The van der Waals surface area contributed by atoms with E-state index >= 15 is 0 Å². The number of hydrogen-bond donors (Lipinski definition) is 1. The molecule has 0 aliphatic rings. The summed E-state index contributed by atoms with van der Waals surface area (Å²) in [4.78, 5) is 3.59. The Morgan fingerprint density at radius 2 is 1.42 bits per heavy atom. The first-order chi connectivity index (χ1) is 14.8. The van der Waals surface area contributed by atoms with E-state index in [1.807, 2.05) is 36.4 Å². The standard InChI is InChI=1S/C23H18BrNO.ClHO4/c24-19-11-12-22-20(15-19)21(25-14-13-17-7-3-1-4-8-17)16-23(26-22)18-9-5-2-6-10-18;2-1(3,4)5/h1-12,15-16H,13-14H2;(H,2,3,4,5). The van der Waals surface area contributed by atoms with Crippen LogP contribution >= 0.6 is 15.9 Å². The second kappa shape index (κ2) is 10.7. The lowest BCUT2D eigenvalue weighted by Gasteiger charge is -2.17. The van der Waals surface area contributed by atoms with E-state index in [1.165, 1.54) is 5.56 Å². The summed E-state index contributed by atoms with van der Waals surface area (Å²) in [5.41, 5.74) is 3.27. The van der Waals surface area contributed by atoms with Crippen molar-refractivity contribution in [3.63, 3.8) is 0 Å². The minimum atomic E-state index is -4.94. The van der Waals surface area contributed by atoms with Crippen LogP contribution < -0.4 is 29.0 Å². The lowest BCUT2D eigenvalue weighted by atomic mass is 10.1. The van der Waals surface area contributed by atoms with Gasteiger partial charge in [-0.25, -0.2) is 23.6 Å². The predicted molar refractivity (Wildman–Crippen MR) is 108 cm³/mol. The van der Waals surface area contributed by atoms with Crippen molar-refractivity contribution in [1.82, 2.24) is 0 Å². The number of fused-ring (bicyclic) bond motifs is 1. The van der Waals surface area contributed by atoms with Crippen LogP contribution in [0, 0.1) is 10.2 Å². The molecule has 1 heterocycles. The molecule has 0 saturated heterocycles. The second-order valence-electron chi connectivity index (χ2n) is 6.57. The normalized spacial score (nSPS) is 11.8. The Kier molecular flexibility index (Phi) is 7.97. The van der Waals surface area contributed by atoms with Crippen LogP contribution in [0.1, 0.15) is 5.56 Å². The molecular formula is C23H19BrClNO5. The fraction of sp³-hybridized carbons (Fsp3) is 0.0870. The van der Waals surface area contributed by atoms with Gasteiger partial charge in [0.25, 0.3) is 0 Å². The molecule has 0 unspecified atom stereocenters. The number of rotatable bonds is 4. The van der Waals surface area contributed by atoms with Crippen molar-refractivity contribution in [2.24, 2.45) is 0 Å². The summed E-state index contributed by atoms with van der Waals surface area (Å²) in [6, 6.07) is 28.9. The number of halogens is 2. The molecule has 0 saturated carbocycles. The van der Waals surface area contributed by atoms with Crippen LogP contribution in [0.25, 0.3) is 22.3 Å². The topological polar surface area (TPSA) is 119 Å². The molecule has 4 aromatic rings. The molecule has 4 rings (SSSR count). The van der Waals surface area contributed by atoms with Gasteiger partial charge in [0.05, 0.1) is 11.5 Å². The van der Waals surface area contributed by atoms with Crippen molar-refractivity contribution in [2.45, 2.75) is 6.42 Å². The summed E-state index contributed by atoms with van der Waals surface area (Å²) in [5, 5.41) is 2.16. The Bertz CT molecular complexity index is 1190. The summed E-state index contributed by atoms with van der Waals surface area (Å²) >= 11 is 3.57. The van der Waals surface area contributed by atoms with Crippen LogP contribution in [0.3, 0.4) is 0 Å². The summed E-state index contributed by atoms with van der Waals surface area (Å²) in [7, 11) is -4.94. The fourth-order valence-corrected chi connectivity index (χ4v) is 3.40. The predicted octanol–water partition coefficient (Wildman–Crippen LogP) is -0.670. The Morgan fingerprint density at radius 1 is 0.806 bits per heavy atom. The van der Waals surface area contributed by atoms with Crippen molar-refractivity contribution in [2.75, 3.05) is 6.54 Å². The average molecular weight is 505 g/mol. The van der Waals surface area contributed by atoms with Gasteiger partial charge in [0.2, 0.25) is 5.36 Å². The van der Waals surface area contributed by atoms with E-state index in [0.29, 0.717) is 0 Å². The van der Waals surface area contributed by atoms with E-state index in [4.69, 9.17) is 23.1 Å². The largest absolute Gasteiger partial charge is 0.456 e. The van der Waals surface area contributed by atoms with Gasteiger partial charge in [-0.05, 0) is 23.8 Å². The molecule has 0 bridgehead atoms. The lowest BCUT2D eigenvalue weighted by Crippen LogP contribution is -2.77. The zero-order chi connectivity index (χ0) is 22.3. The van der Waals surface area contributed by atoms with Crippen LogP contribution in [0.5, 0.6) is 0 Å². The number of benzene rings is 3. The van der Waals surface area contributed by atoms with Crippen LogP contribution in [-0.4, -0.2) is 6.54 Å². The van der Waals surface area contributed by atoms with Crippen molar-refractivity contribution in [3.8, 4) is 11.3 Å². The molecule has 8 heteroatoms. The zero-order valence-electron chi connectivity index (χ0n) is 16.3. The Morgan fingerprint density at radius 3 is 2.06 bits per heavy atom. The summed E-state index contributed by atoms with van der Waals surface area (Å²) in [6.07, 6.45) is 0.975. The van der Waals surface area contributed by atoms with Gasteiger partial charge in [0.1, 0.15) is 17.9 Å². The van der Waals surface area contributed by atoms with Gasteiger partial charge in [-0.1, -0.05) is 76.6 Å². The highest BCUT2D eigenvalue weighted by atomic mass is 79.9. The Labute approximate surface area is 189 Å². The van der Waals surface area contributed by atoms with Crippen LogP contribution in [0.2, 0.25) is 0 Å². The van der Waals surface area contributed by atoms with E-state index in [1.54, 1.807) is 0 Å². The van der Waals surface area contributed by atoms with E-state index in [2.05, 4.69) is 69.5 Å². The van der Waals surface area contributed by atoms with E-state index in [0.717, 1.165) is 45.1 Å². The van der Waals surface area contributed by atoms with Gasteiger partial charge in [0.15, 0.2) is 0 Å². The smallest absolute Gasteiger partial charge is 0.213 e. The zero-order valence-corrected chi connectivity index (χ0v) is 18.6. The molecular weight excluding hydrogens is 486 g/mol. The highest BCUT2D eigenvalue weighted by Gasteiger charge is 2.09.